The van der Waals surface area contributed by atoms with E-state index in [-0.39, 0.29) is 12.1 Å². The molecule has 0 radical (unpaired) electrons. The van der Waals surface area contributed by atoms with Crippen molar-refractivity contribution in [3.8, 4) is 0 Å². The quantitative estimate of drug-likeness (QED) is 0.474. The van der Waals surface area contributed by atoms with Crippen molar-refractivity contribution < 1.29 is 23.1 Å². The molecule has 1 aliphatic rings. The molecule has 24 heavy (non-hydrogen) atoms. The molecule has 1 heterocycles. The summed E-state index contributed by atoms with van der Waals surface area (Å²) in [6.07, 6.45) is 0.817. The van der Waals surface area contributed by atoms with Gasteiger partial charge in [0.15, 0.2) is 22.2 Å². The Labute approximate surface area is 149 Å². The molecular formula is C17H36O5Si2. The second-order valence-electron chi connectivity index (χ2n) is 9.57. The molecule has 5 nitrogen and oxygen atoms in total. The minimum atomic E-state index is -1.64. The molecule has 0 spiro atoms. The molecule has 0 saturated carbocycles. The number of cyclic esters (lactones) is 1. The smallest absolute Gasteiger partial charge is 0.339 e. The summed E-state index contributed by atoms with van der Waals surface area (Å²) in [5.41, 5.74) is -1.35. The molecule has 0 N–H and O–H groups in total. The number of carbonyl (C=O) groups is 1. The van der Waals surface area contributed by atoms with Crippen molar-refractivity contribution in [1.29, 1.82) is 0 Å². The van der Waals surface area contributed by atoms with Gasteiger partial charge in [-0.25, -0.2) is 4.79 Å². The van der Waals surface area contributed by atoms with E-state index in [0.717, 1.165) is 0 Å². The molecule has 0 aromatic rings. The summed E-state index contributed by atoms with van der Waals surface area (Å²) in [6, 6.07) is 0. The topological polar surface area (TPSA) is 54.0 Å². The monoisotopic (exact) mass is 376 g/mol. The molecule has 0 aromatic heterocycles. The third-order valence-electron chi connectivity index (χ3n) is 3.45. The van der Waals surface area contributed by atoms with Crippen LogP contribution in [-0.2, 0) is 23.1 Å². The maximum atomic E-state index is 12.6. The largest absolute Gasteiger partial charge is 0.458 e. The number of esters is 1. The highest BCUT2D eigenvalue weighted by Gasteiger charge is 2.52. The summed E-state index contributed by atoms with van der Waals surface area (Å²) in [7, 11) is -3.27. The van der Waals surface area contributed by atoms with Crippen molar-refractivity contribution in [2.45, 2.75) is 90.2 Å². The van der Waals surface area contributed by atoms with Crippen LogP contribution >= 0.6 is 0 Å². The van der Waals surface area contributed by atoms with Crippen molar-refractivity contribution >= 4 is 22.6 Å². The van der Waals surface area contributed by atoms with E-state index in [2.05, 4.69) is 39.3 Å². The first kappa shape index (κ1) is 21.8. The van der Waals surface area contributed by atoms with Crippen LogP contribution in [0.3, 0.4) is 0 Å². The van der Waals surface area contributed by atoms with Crippen LogP contribution in [0.1, 0.15) is 33.6 Å². The summed E-state index contributed by atoms with van der Waals surface area (Å²) in [5, 5.41) is 0. The Kier molecular flexibility index (Phi) is 6.89. The van der Waals surface area contributed by atoms with Crippen molar-refractivity contribution in [2.75, 3.05) is 13.2 Å². The van der Waals surface area contributed by atoms with Gasteiger partial charge in [-0.1, -0.05) is 0 Å². The number of carbonyl (C=O) groups excluding carboxylic acids is 1. The van der Waals surface area contributed by atoms with Crippen molar-refractivity contribution in [1.82, 2.24) is 0 Å². The van der Waals surface area contributed by atoms with E-state index in [4.69, 9.17) is 18.3 Å². The molecule has 0 bridgehead atoms. The Hall–Kier alpha value is -0.216. The van der Waals surface area contributed by atoms with Gasteiger partial charge in [0.05, 0.1) is 12.2 Å². The highest BCUT2D eigenvalue weighted by Crippen LogP contribution is 2.37. The van der Waals surface area contributed by atoms with Gasteiger partial charge in [-0.2, -0.15) is 0 Å². The molecular weight excluding hydrogens is 340 g/mol. The van der Waals surface area contributed by atoms with Gasteiger partial charge in [0, 0.05) is 19.4 Å². The lowest BCUT2D eigenvalue weighted by atomic mass is 9.94. The first-order valence-corrected chi connectivity index (χ1v) is 15.6. The Balaban J connectivity index is 2.79. The van der Waals surface area contributed by atoms with Crippen LogP contribution < -0.4 is 0 Å². The summed E-state index contributed by atoms with van der Waals surface area (Å²) in [6.45, 7) is 19.7. The molecule has 1 fully saturated rings. The van der Waals surface area contributed by atoms with E-state index in [1.807, 2.05) is 20.8 Å². The predicted octanol–water partition coefficient (Wildman–Crippen LogP) is 3.95. The fourth-order valence-corrected chi connectivity index (χ4v) is 4.03. The van der Waals surface area contributed by atoms with E-state index in [9.17, 15) is 4.79 Å². The van der Waals surface area contributed by atoms with Gasteiger partial charge < -0.3 is 18.3 Å². The van der Waals surface area contributed by atoms with Crippen molar-refractivity contribution in [3.63, 3.8) is 0 Å². The summed E-state index contributed by atoms with van der Waals surface area (Å²) in [5.74, 6) is -0.277. The lowest BCUT2D eigenvalue weighted by Gasteiger charge is -2.34. The van der Waals surface area contributed by atoms with E-state index in [1.165, 1.54) is 0 Å². The van der Waals surface area contributed by atoms with E-state index in [1.54, 1.807) is 0 Å². The highest BCUT2D eigenvalue weighted by atomic mass is 28.4. The Morgan fingerprint density at radius 3 is 2.08 bits per heavy atom. The zero-order chi connectivity index (χ0) is 18.8. The van der Waals surface area contributed by atoms with E-state index < -0.39 is 27.8 Å². The molecule has 0 aliphatic carbocycles. The zero-order valence-corrected chi connectivity index (χ0v) is 18.9. The van der Waals surface area contributed by atoms with Gasteiger partial charge in [-0.15, -0.1) is 0 Å². The van der Waals surface area contributed by atoms with Gasteiger partial charge in [0.25, 0.3) is 0 Å². The number of hydrogen-bond donors (Lipinski definition) is 0. The van der Waals surface area contributed by atoms with Crippen LogP contribution in [0.5, 0.6) is 0 Å². The average molecular weight is 377 g/mol. The van der Waals surface area contributed by atoms with Crippen LogP contribution in [0.25, 0.3) is 0 Å². The van der Waals surface area contributed by atoms with E-state index in [0.29, 0.717) is 26.1 Å². The van der Waals surface area contributed by atoms with Crippen LogP contribution in [0.4, 0.5) is 0 Å². The van der Waals surface area contributed by atoms with Gasteiger partial charge >= 0.3 is 5.97 Å². The second kappa shape index (κ2) is 7.57. The number of rotatable bonds is 8. The SMILES string of the molecule is CC(C)(C)O[C@]1(CCO[Si](C)(C)C)C[C@@H](CO[Si](C)(C)C)OC1=O. The number of hydrogen-bond acceptors (Lipinski definition) is 5. The normalized spacial score (nSPS) is 25.9. The fraction of sp³-hybridized carbons (Fsp3) is 0.941. The maximum absolute atomic E-state index is 12.6. The highest BCUT2D eigenvalue weighted by molar-refractivity contribution is 6.70. The standard InChI is InChI=1S/C17H36O5Si2/c1-16(2,3)22-17(10-11-19-23(4,5)6)12-14(21-15(17)18)13-20-24(7,8)9/h14H,10-13H2,1-9H3/t14-,17+/m0/s1. The Morgan fingerprint density at radius 1 is 1.08 bits per heavy atom. The molecule has 0 amide bonds. The molecule has 1 rings (SSSR count). The van der Waals surface area contributed by atoms with Crippen molar-refractivity contribution in [3.05, 3.63) is 0 Å². The molecule has 0 unspecified atom stereocenters. The lowest BCUT2D eigenvalue weighted by molar-refractivity contribution is -0.177. The molecule has 2 atom stereocenters. The minimum Gasteiger partial charge on any atom is -0.458 e. The van der Waals surface area contributed by atoms with Crippen LogP contribution in [-0.4, -0.2) is 53.1 Å². The second-order valence-corrected chi connectivity index (χ2v) is 18.6. The first-order valence-electron chi connectivity index (χ1n) is 8.81. The Bertz CT molecular complexity index is 434. The first-order chi connectivity index (χ1) is 10.6. The van der Waals surface area contributed by atoms with Crippen LogP contribution in [0.15, 0.2) is 0 Å². The molecule has 1 aliphatic heterocycles. The van der Waals surface area contributed by atoms with Gasteiger partial charge in [0.1, 0.15) is 6.10 Å². The summed E-state index contributed by atoms with van der Waals surface area (Å²) in [4.78, 5) is 12.6. The fourth-order valence-electron chi connectivity index (χ4n) is 2.63. The van der Waals surface area contributed by atoms with Gasteiger partial charge in [-0.05, 0) is 60.1 Å². The molecule has 142 valence electrons. The zero-order valence-electron chi connectivity index (χ0n) is 16.9. The predicted molar refractivity (Wildman–Crippen MR) is 101 cm³/mol. The van der Waals surface area contributed by atoms with Gasteiger partial charge in [-0.3, -0.25) is 0 Å². The Morgan fingerprint density at radius 2 is 1.62 bits per heavy atom. The molecule has 0 aromatic carbocycles. The van der Waals surface area contributed by atoms with Crippen molar-refractivity contribution in [2.24, 2.45) is 0 Å². The van der Waals surface area contributed by atoms with E-state index >= 15 is 0 Å². The third kappa shape index (κ3) is 7.78. The summed E-state index contributed by atoms with van der Waals surface area (Å²) >= 11 is 0. The molecule has 7 heteroatoms. The van der Waals surface area contributed by atoms with Gasteiger partial charge in [0.2, 0.25) is 0 Å². The summed E-state index contributed by atoms with van der Waals surface area (Å²) < 4.78 is 23.7. The lowest BCUT2D eigenvalue weighted by Crippen LogP contribution is -2.45. The van der Waals surface area contributed by atoms with Crippen LogP contribution in [0, 0.1) is 0 Å². The minimum absolute atomic E-state index is 0.238. The van der Waals surface area contributed by atoms with Crippen LogP contribution in [0.2, 0.25) is 39.3 Å². The maximum Gasteiger partial charge on any atom is 0.339 e. The average Bonchev–Trinajstić information content (AvgIpc) is 2.59. The number of ether oxygens (including phenoxy) is 2. The molecule has 1 saturated heterocycles. The third-order valence-corrected chi connectivity index (χ3v) is 5.55.